The number of nitrogens with two attached hydrogens (primary N) is 1. The quantitative estimate of drug-likeness (QED) is 0.304. The number of amides is 1. The first kappa shape index (κ1) is 15.8. The van der Waals surface area contributed by atoms with Gasteiger partial charge in [0.2, 0.25) is 5.91 Å². The number of aryl methyl sites for hydroxylation is 1. The van der Waals surface area contributed by atoms with Crippen LogP contribution in [0.4, 0.5) is 0 Å². The van der Waals surface area contributed by atoms with Gasteiger partial charge in [-0.1, -0.05) is 17.3 Å². The van der Waals surface area contributed by atoms with Gasteiger partial charge in [-0.15, -0.1) is 0 Å². The van der Waals surface area contributed by atoms with E-state index in [1.54, 1.807) is 6.92 Å². The minimum absolute atomic E-state index is 0.0915. The molecule has 1 amide bonds. The van der Waals surface area contributed by atoms with E-state index in [2.05, 4.69) is 10.5 Å². The number of nitrogens with zero attached hydrogens (tertiary/aromatic N) is 1. The van der Waals surface area contributed by atoms with Crippen molar-refractivity contribution >= 4 is 11.7 Å². The highest BCUT2D eigenvalue weighted by Gasteiger charge is 2.09. The van der Waals surface area contributed by atoms with E-state index in [0.717, 1.165) is 11.3 Å². The van der Waals surface area contributed by atoms with Gasteiger partial charge in [0.05, 0.1) is 13.0 Å². The Labute approximate surface area is 118 Å². The lowest BCUT2D eigenvalue weighted by atomic mass is 10.2. The minimum Gasteiger partial charge on any atom is -0.493 e. The maximum atomic E-state index is 11.6. The van der Waals surface area contributed by atoms with Crippen molar-refractivity contribution in [1.82, 2.24) is 5.32 Å². The van der Waals surface area contributed by atoms with Gasteiger partial charge in [0.1, 0.15) is 11.6 Å². The van der Waals surface area contributed by atoms with Crippen LogP contribution in [0.5, 0.6) is 5.75 Å². The Morgan fingerprint density at radius 1 is 1.55 bits per heavy atom. The molecule has 0 aromatic heterocycles. The third kappa shape index (κ3) is 6.08. The second-order valence-electron chi connectivity index (χ2n) is 4.68. The van der Waals surface area contributed by atoms with Crippen molar-refractivity contribution in [1.29, 1.82) is 0 Å². The molecule has 1 unspecified atom stereocenters. The molecule has 1 aromatic carbocycles. The smallest absolute Gasteiger partial charge is 0.223 e. The Balaban J connectivity index is 2.26. The van der Waals surface area contributed by atoms with E-state index in [4.69, 9.17) is 15.7 Å². The Bertz CT molecular complexity index is 474. The number of benzene rings is 1. The van der Waals surface area contributed by atoms with Crippen LogP contribution in [0.2, 0.25) is 0 Å². The molecule has 0 aliphatic rings. The van der Waals surface area contributed by atoms with Gasteiger partial charge in [-0.3, -0.25) is 4.79 Å². The molecule has 1 atom stereocenters. The summed E-state index contributed by atoms with van der Waals surface area (Å²) < 4.78 is 5.49. The number of ether oxygens (including phenoxy) is 1. The number of hydrogen-bond donors (Lipinski definition) is 3. The normalized spacial score (nSPS) is 12.8. The highest BCUT2D eigenvalue weighted by atomic mass is 16.5. The molecular formula is C14H21N3O3. The molecule has 6 nitrogen and oxygen atoms in total. The molecule has 4 N–H and O–H groups in total. The third-order valence-electron chi connectivity index (χ3n) is 2.64. The second kappa shape index (κ2) is 8.04. The highest BCUT2D eigenvalue weighted by molar-refractivity contribution is 5.81. The molecule has 0 fully saturated rings. The molecule has 0 aliphatic carbocycles. The van der Waals surface area contributed by atoms with E-state index >= 15 is 0 Å². The van der Waals surface area contributed by atoms with Crippen LogP contribution in [-0.4, -0.2) is 29.6 Å². The summed E-state index contributed by atoms with van der Waals surface area (Å²) >= 11 is 0. The maximum Gasteiger partial charge on any atom is 0.223 e. The third-order valence-corrected chi connectivity index (χ3v) is 2.64. The monoisotopic (exact) mass is 279 g/mol. The summed E-state index contributed by atoms with van der Waals surface area (Å²) in [6, 6.07) is 7.47. The lowest BCUT2D eigenvalue weighted by Gasteiger charge is -2.13. The molecule has 0 heterocycles. The van der Waals surface area contributed by atoms with Crippen molar-refractivity contribution in [2.45, 2.75) is 32.7 Å². The first-order valence-corrected chi connectivity index (χ1v) is 6.46. The number of hydrogen-bond acceptors (Lipinski definition) is 4. The van der Waals surface area contributed by atoms with Gasteiger partial charge in [0, 0.05) is 12.5 Å². The highest BCUT2D eigenvalue weighted by Crippen LogP contribution is 2.12. The molecule has 6 heteroatoms. The summed E-state index contributed by atoms with van der Waals surface area (Å²) in [5, 5.41) is 14.1. The summed E-state index contributed by atoms with van der Waals surface area (Å²) in [6.07, 6.45) is 0.565. The molecule has 20 heavy (non-hydrogen) atoms. The van der Waals surface area contributed by atoms with Crippen molar-refractivity contribution in [3.8, 4) is 5.75 Å². The van der Waals surface area contributed by atoms with Gasteiger partial charge in [-0.25, -0.2) is 0 Å². The Hall–Kier alpha value is -2.24. The van der Waals surface area contributed by atoms with Crippen LogP contribution in [0.15, 0.2) is 29.4 Å². The average Bonchev–Trinajstić information content (AvgIpc) is 2.38. The maximum absolute atomic E-state index is 11.6. The van der Waals surface area contributed by atoms with Crippen molar-refractivity contribution in [2.24, 2.45) is 10.9 Å². The SMILES string of the molecule is Cc1cccc(OCCC(=O)NC(C)CC(N)=NO)c1. The zero-order valence-electron chi connectivity index (χ0n) is 11.8. The van der Waals surface area contributed by atoms with Crippen molar-refractivity contribution < 1.29 is 14.7 Å². The van der Waals surface area contributed by atoms with Gasteiger partial charge in [-0.05, 0) is 31.5 Å². The summed E-state index contributed by atoms with van der Waals surface area (Å²) in [7, 11) is 0. The number of carbonyl (C=O) groups is 1. The standard InChI is InChI=1S/C14H21N3O3/c1-10-4-3-5-12(8-10)20-7-6-14(18)16-11(2)9-13(15)17-19/h3-5,8,11,19H,6-7,9H2,1-2H3,(H2,15,17)(H,16,18). The van der Waals surface area contributed by atoms with E-state index in [9.17, 15) is 4.79 Å². The Morgan fingerprint density at radius 2 is 2.30 bits per heavy atom. The minimum atomic E-state index is -0.183. The van der Waals surface area contributed by atoms with Gasteiger partial charge >= 0.3 is 0 Å². The van der Waals surface area contributed by atoms with Crippen LogP contribution >= 0.6 is 0 Å². The molecule has 0 saturated carbocycles. The van der Waals surface area contributed by atoms with Gasteiger partial charge in [-0.2, -0.15) is 0 Å². The van der Waals surface area contributed by atoms with Crippen molar-refractivity contribution in [2.75, 3.05) is 6.61 Å². The summed E-state index contributed by atoms with van der Waals surface area (Å²) in [5.74, 6) is 0.715. The molecule has 110 valence electrons. The van der Waals surface area contributed by atoms with E-state index < -0.39 is 0 Å². The van der Waals surface area contributed by atoms with Crippen LogP contribution in [0, 0.1) is 6.92 Å². The molecule has 1 aromatic rings. The predicted molar refractivity (Wildman–Crippen MR) is 76.9 cm³/mol. The average molecular weight is 279 g/mol. The zero-order chi connectivity index (χ0) is 15.0. The molecule has 1 rings (SSSR count). The summed E-state index contributed by atoms with van der Waals surface area (Å²) in [4.78, 5) is 11.6. The van der Waals surface area contributed by atoms with E-state index in [1.165, 1.54) is 0 Å². The second-order valence-corrected chi connectivity index (χ2v) is 4.68. The fourth-order valence-electron chi connectivity index (χ4n) is 1.72. The summed E-state index contributed by atoms with van der Waals surface area (Å²) in [6.45, 7) is 4.08. The van der Waals surface area contributed by atoms with Crippen molar-refractivity contribution in [3.05, 3.63) is 29.8 Å². The summed E-state index contributed by atoms with van der Waals surface area (Å²) in [5.41, 5.74) is 6.47. The van der Waals surface area contributed by atoms with E-state index in [1.807, 2.05) is 31.2 Å². The van der Waals surface area contributed by atoms with Crippen LogP contribution in [0.3, 0.4) is 0 Å². The van der Waals surface area contributed by atoms with Crippen LogP contribution in [0.1, 0.15) is 25.3 Å². The topological polar surface area (TPSA) is 96.9 Å². The van der Waals surface area contributed by atoms with Crippen LogP contribution in [0.25, 0.3) is 0 Å². The Kier molecular flexibility index (Phi) is 6.36. The molecule has 0 aliphatic heterocycles. The zero-order valence-corrected chi connectivity index (χ0v) is 11.8. The molecule has 0 saturated heterocycles. The first-order chi connectivity index (χ1) is 9.51. The van der Waals surface area contributed by atoms with Crippen LogP contribution < -0.4 is 15.8 Å². The number of rotatable bonds is 7. The molecular weight excluding hydrogens is 258 g/mol. The number of carbonyl (C=O) groups excluding carboxylic acids is 1. The van der Waals surface area contributed by atoms with Gasteiger partial charge in [0.25, 0.3) is 0 Å². The number of nitrogens with one attached hydrogen (secondary N) is 1. The van der Waals surface area contributed by atoms with E-state index in [-0.39, 0.29) is 24.2 Å². The number of amidine groups is 1. The lowest BCUT2D eigenvalue weighted by molar-refractivity contribution is -0.122. The molecule has 0 radical (unpaired) electrons. The number of oxime groups is 1. The van der Waals surface area contributed by atoms with Crippen LogP contribution in [-0.2, 0) is 4.79 Å². The van der Waals surface area contributed by atoms with Gasteiger partial charge in [0.15, 0.2) is 0 Å². The largest absolute Gasteiger partial charge is 0.493 e. The Morgan fingerprint density at radius 3 is 2.95 bits per heavy atom. The first-order valence-electron chi connectivity index (χ1n) is 6.46. The fourth-order valence-corrected chi connectivity index (χ4v) is 1.72. The predicted octanol–water partition coefficient (Wildman–Crippen LogP) is 1.41. The van der Waals surface area contributed by atoms with Gasteiger partial charge < -0.3 is 21.0 Å². The fraction of sp³-hybridized carbons (Fsp3) is 0.429. The molecule has 0 bridgehead atoms. The van der Waals surface area contributed by atoms with Crippen molar-refractivity contribution in [3.63, 3.8) is 0 Å². The lowest BCUT2D eigenvalue weighted by Crippen LogP contribution is -2.36. The van der Waals surface area contributed by atoms with E-state index in [0.29, 0.717) is 13.0 Å². The molecule has 0 spiro atoms.